The summed E-state index contributed by atoms with van der Waals surface area (Å²) < 4.78 is 5.18. The molecule has 1 fully saturated rings. The number of methoxy groups -OCH3 is 1. The second kappa shape index (κ2) is 4.42. The van der Waals surface area contributed by atoms with Gasteiger partial charge in [-0.3, -0.25) is 0 Å². The minimum Gasteiger partial charge on any atom is -0.481 e. The number of hydrogen-bond donors (Lipinski definition) is 1. The molecule has 1 heterocycles. The van der Waals surface area contributed by atoms with Gasteiger partial charge in [0.1, 0.15) is 0 Å². The van der Waals surface area contributed by atoms with E-state index in [0.29, 0.717) is 0 Å². The van der Waals surface area contributed by atoms with Crippen LogP contribution in [0.5, 0.6) is 5.88 Å². The highest BCUT2D eigenvalue weighted by Crippen LogP contribution is 2.19. The molecule has 0 bridgehead atoms. The fourth-order valence-corrected chi connectivity index (χ4v) is 1.50. The quantitative estimate of drug-likeness (QED) is 0.765. The van der Waals surface area contributed by atoms with Crippen LogP contribution in [0.25, 0.3) is 0 Å². The van der Waals surface area contributed by atoms with E-state index >= 15 is 0 Å². The molecule has 0 atom stereocenters. The summed E-state index contributed by atoms with van der Waals surface area (Å²) >= 11 is 0. The summed E-state index contributed by atoms with van der Waals surface area (Å²) in [5.41, 5.74) is 1.18. The number of pyridine rings is 1. The molecule has 0 aliphatic heterocycles. The number of ether oxygens (including phenoxy) is 1. The molecule has 1 aliphatic carbocycles. The van der Waals surface area contributed by atoms with Crippen molar-refractivity contribution in [3.63, 3.8) is 0 Å². The average molecular weight is 192 g/mol. The van der Waals surface area contributed by atoms with Gasteiger partial charge in [-0.15, -0.1) is 0 Å². The van der Waals surface area contributed by atoms with E-state index in [1.807, 2.05) is 6.07 Å². The van der Waals surface area contributed by atoms with Crippen LogP contribution < -0.4 is 10.1 Å². The monoisotopic (exact) mass is 192 g/mol. The lowest BCUT2D eigenvalue weighted by atomic mass is 10.2. The van der Waals surface area contributed by atoms with Crippen molar-refractivity contribution in [2.45, 2.75) is 25.3 Å². The topological polar surface area (TPSA) is 34.1 Å². The zero-order valence-electron chi connectivity index (χ0n) is 8.49. The standard InChI is InChI=1S/C11H16N2O/c1-14-11-9(3-2-7-13-11)6-8-12-10-4-5-10/h2-3,7,10,12H,4-6,8H2,1H3. The Bertz CT molecular complexity index is 297. The predicted octanol–water partition coefficient (Wildman–Crippen LogP) is 1.38. The molecule has 3 heteroatoms. The van der Waals surface area contributed by atoms with Crippen molar-refractivity contribution >= 4 is 0 Å². The summed E-state index contributed by atoms with van der Waals surface area (Å²) in [6.07, 6.45) is 5.43. The van der Waals surface area contributed by atoms with Crippen LogP contribution in [0.2, 0.25) is 0 Å². The first kappa shape index (κ1) is 9.46. The maximum Gasteiger partial charge on any atom is 0.216 e. The highest BCUT2D eigenvalue weighted by atomic mass is 16.5. The third kappa shape index (κ3) is 2.45. The van der Waals surface area contributed by atoms with Crippen LogP contribution in [0.3, 0.4) is 0 Å². The van der Waals surface area contributed by atoms with Crippen molar-refractivity contribution in [3.05, 3.63) is 23.9 Å². The van der Waals surface area contributed by atoms with Crippen LogP contribution >= 0.6 is 0 Å². The number of aromatic nitrogens is 1. The van der Waals surface area contributed by atoms with Crippen molar-refractivity contribution < 1.29 is 4.74 Å². The molecular weight excluding hydrogens is 176 g/mol. The molecule has 0 aromatic carbocycles. The van der Waals surface area contributed by atoms with Gasteiger partial charge in [0.2, 0.25) is 5.88 Å². The lowest BCUT2D eigenvalue weighted by molar-refractivity contribution is 0.392. The van der Waals surface area contributed by atoms with Gasteiger partial charge in [-0.1, -0.05) is 6.07 Å². The predicted molar refractivity (Wildman–Crippen MR) is 55.5 cm³/mol. The van der Waals surface area contributed by atoms with E-state index in [1.165, 1.54) is 18.4 Å². The van der Waals surface area contributed by atoms with Gasteiger partial charge in [0.25, 0.3) is 0 Å². The van der Waals surface area contributed by atoms with E-state index in [9.17, 15) is 0 Å². The largest absolute Gasteiger partial charge is 0.481 e. The molecule has 0 radical (unpaired) electrons. The molecular formula is C11H16N2O. The summed E-state index contributed by atoms with van der Waals surface area (Å²) in [5, 5.41) is 3.47. The number of hydrogen-bond acceptors (Lipinski definition) is 3. The van der Waals surface area contributed by atoms with E-state index in [2.05, 4.69) is 16.4 Å². The first-order valence-electron chi connectivity index (χ1n) is 5.11. The fourth-order valence-electron chi connectivity index (χ4n) is 1.50. The highest BCUT2D eigenvalue weighted by molar-refractivity contribution is 5.25. The van der Waals surface area contributed by atoms with Gasteiger partial charge >= 0.3 is 0 Å². The molecule has 14 heavy (non-hydrogen) atoms. The van der Waals surface area contributed by atoms with E-state index < -0.39 is 0 Å². The Morgan fingerprint density at radius 2 is 2.43 bits per heavy atom. The van der Waals surface area contributed by atoms with Gasteiger partial charge < -0.3 is 10.1 Å². The van der Waals surface area contributed by atoms with Crippen LogP contribution in [0.15, 0.2) is 18.3 Å². The summed E-state index contributed by atoms with van der Waals surface area (Å²) in [5.74, 6) is 0.755. The molecule has 76 valence electrons. The van der Waals surface area contributed by atoms with Gasteiger partial charge in [-0.05, 0) is 31.9 Å². The number of nitrogens with zero attached hydrogens (tertiary/aromatic N) is 1. The molecule has 1 aromatic rings. The zero-order chi connectivity index (χ0) is 9.80. The molecule has 1 N–H and O–H groups in total. The third-order valence-corrected chi connectivity index (χ3v) is 2.45. The lowest BCUT2D eigenvalue weighted by Crippen LogP contribution is -2.19. The van der Waals surface area contributed by atoms with Gasteiger partial charge in [-0.2, -0.15) is 0 Å². The van der Waals surface area contributed by atoms with Crippen molar-refractivity contribution in [2.24, 2.45) is 0 Å². The van der Waals surface area contributed by atoms with Gasteiger partial charge in [-0.25, -0.2) is 4.98 Å². The Labute approximate surface area is 84.5 Å². The van der Waals surface area contributed by atoms with E-state index in [1.54, 1.807) is 13.3 Å². The first-order chi connectivity index (χ1) is 6.90. The second-order valence-electron chi connectivity index (χ2n) is 3.65. The van der Waals surface area contributed by atoms with Crippen LogP contribution in [0.1, 0.15) is 18.4 Å². The highest BCUT2D eigenvalue weighted by Gasteiger charge is 2.19. The summed E-state index contributed by atoms with van der Waals surface area (Å²) in [6, 6.07) is 4.80. The van der Waals surface area contributed by atoms with Gasteiger partial charge in [0, 0.05) is 17.8 Å². The van der Waals surface area contributed by atoms with E-state index in [4.69, 9.17) is 4.74 Å². The third-order valence-electron chi connectivity index (χ3n) is 2.45. The zero-order valence-corrected chi connectivity index (χ0v) is 8.49. The van der Waals surface area contributed by atoms with Crippen molar-refractivity contribution in [3.8, 4) is 5.88 Å². The Hall–Kier alpha value is -1.09. The SMILES string of the molecule is COc1ncccc1CCNC1CC1. The van der Waals surface area contributed by atoms with Crippen LogP contribution in [-0.2, 0) is 6.42 Å². The lowest BCUT2D eigenvalue weighted by Gasteiger charge is -2.06. The van der Waals surface area contributed by atoms with Crippen LogP contribution in [-0.4, -0.2) is 24.7 Å². The Kier molecular flexibility index (Phi) is 2.99. The summed E-state index contributed by atoms with van der Waals surface area (Å²) in [7, 11) is 1.67. The Morgan fingerprint density at radius 1 is 1.57 bits per heavy atom. The molecule has 1 saturated carbocycles. The number of nitrogens with one attached hydrogen (secondary N) is 1. The molecule has 0 amide bonds. The summed E-state index contributed by atoms with van der Waals surface area (Å²) in [6.45, 7) is 1.02. The minimum atomic E-state index is 0.755. The molecule has 0 spiro atoms. The first-order valence-corrected chi connectivity index (χ1v) is 5.11. The molecule has 0 saturated heterocycles. The molecule has 3 nitrogen and oxygen atoms in total. The van der Waals surface area contributed by atoms with Crippen LogP contribution in [0.4, 0.5) is 0 Å². The molecule has 0 unspecified atom stereocenters. The van der Waals surface area contributed by atoms with Crippen LogP contribution in [0, 0.1) is 0 Å². The van der Waals surface area contributed by atoms with Crippen molar-refractivity contribution in [1.82, 2.24) is 10.3 Å². The average Bonchev–Trinajstić information content (AvgIpc) is 3.03. The Morgan fingerprint density at radius 3 is 3.14 bits per heavy atom. The summed E-state index contributed by atoms with van der Waals surface area (Å²) in [4.78, 5) is 4.16. The maximum absolute atomic E-state index is 5.18. The number of rotatable bonds is 5. The second-order valence-corrected chi connectivity index (χ2v) is 3.65. The van der Waals surface area contributed by atoms with Crippen molar-refractivity contribution in [2.75, 3.05) is 13.7 Å². The van der Waals surface area contributed by atoms with Crippen molar-refractivity contribution in [1.29, 1.82) is 0 Å². The Balaban J connectivity index is 1.86. The van der Waals surface area contributed by atoms with E-state index in [-0.39, 0.29) is 0 Å². The maximum atomic E-state index is 5.18. The van der Waals surface area contributed by atoms with Gasteiger partial charge in [0.15, 0.2) is 0 Å². The fraction of sp³-hybridized carbons (Fsp3) is 0.545. The molecule has 1 aromatic heterocycles. The van der Waals surface area contributed by atoms with E-state index in [0.717, 1.165) is 24.9 Å². The normalized spacial score (nSPS) is 15.5. The van der Waals surface area contributed by atoms with Gasteiger partial charge in [0.05, 0.1) is 7.11 Å². The smallest absolute Gasteiger partial charge is 0.216 e. The molecule has 2 rings (SSSR count). The molecule has 1 aliphatic rings. The minimum absolute atomic E-state index is 0.755.